The Morgan fingerprint density at radius 3 is 2.84 bits per heavy atom. The van der Waals surface area contributed by atoms with E-state index < -0.39 is 0 Å². The van der Waals surface area contributed by atoms with Crippen molar-refractivity contribution in [1.29, 1.82) is 0 Å². The van der Waals surface area contributed by atoms with Gasteiger partial charge in [0.2, 0.25) is 0 Å². The third-order valence-corrected chi connectivity index (χ3v) is 3.51. The predicted octanol–water partition coefficient (Wildman–Crippen LogP) is 4.38. The van der Waals surface area contributed by atoms with E-state index in [0.717, 1.165) is 5.52 Å². The highest BCUT2D eigenvalue weighted by molar-refractivity contribution is 5.97. The van der Waals surface area contributed by atoms with Gasteiger partial charge >= 0.3 is 0 Å². The SMILES string of the molecule is c1cnc2cc(-c3c[nH]c4ccccc34)ccc2c1. The average molecular weight is 244 g/mol. The van der Waals surface area contributed by atoms with Gasteiger partial charge in [-0.25, -0.2) is 0 Å². The monoisotopic (exact) mass is 244 g/mol. The number of aromatic amines is 1. The van der Waals surface area contributed by atoms with Gasteiger partial charge in [0.1, 0.15) is 0 Å². The van der Waals surface area contributed by atoms with Crippen LogP contribution in [0.4, 0.5) is 0 Å². The highest BCUT2D eigenvalue weighted by Gasteiger charge is 2.06. The van der Waals surface area contributed by atoms with Crippen LogP contribution in [0.25, 0.3) is 32.9 Å². The standard InChI is InChI=1S/C17H12N2/c1-2-6-16-14(5-1)15(11-19-16)13-8-7-12-4-3-9-18-17(12)10-13/h1-11,19H. The molecule has 0 bridgehead atoms. The highest BCUT2D eigenvalue weighted by atomic mass is 14.7. The Labute approximate surface area is 110 Å². The lowest BCUT2D eigenvalue weighted by atomic mass is 10.0. The lowest BCUT2D eigenvalue weighted by molar-refractivity contribution is 1.41. The predicted molar refractivity (Wildman–Crippen MR) is 79.0 cm³/mol. The van der Waals surface area contributed by atoms with Gasteiger partial charge in [0.25, 0.3) is 0 Å². The summed E-state index contributed by atoms with van der Waals surface area (Å²) >= 11 is 0. The number of nitrogens with one attached hydrogen (secondary N) is 1. The summed E-state index contributed by atoms with van der Waals surface area (Å²) in [7, 11) is 0. The van der Waals surface area contributed by atoms with Crippen molar-refractivity contribution in [2.75, 3.05) is 0 Å². The fraction of sp³-hybridized carbons (Fsp3) is 0. The first kappa shape index (κ1) is 10.3. The third kappa shape index (κ3) is 1.61. The van der Waals surface area contributed by atoms with E-state index in [9.17, 15) is 0 Å². The molecule has 2 heteroatoms. The molecule has 0 saturated carbocycles. The van der Waals surface area contributed by atoms with Crippen LogP contribution in [-0.4, -0.2) is 9.97 Å². The van der Waals surface area contributed by atoms with Crippen molar-refractivity contribution in [3.63, 3.8) is 0 Å². The summed E-state index contributed by atoms with van der Waals surface area (Å²) in [5.74, 6) is 0. The van der Waals surface area contributed by atoms with Crippen LogP contribution in [-0.2, 0) is 0 Å². The molecule has 4 rings (SSSR count). The first-order valence-corrected chi connectivity index (χ1v) is 6.33. The topological polar surface area (TPSA) is 28.7 Å². The molecule has 0 radical (unpaired) electrons. The minimum Gasteiger partial charge on any atom is -0.361 e. The molecular weight excluding hydrogens is 232 g/mol. The molecule has 2 aromatic heterocycles. The van der Waals surface area contributed by atoms with E-state index in [0.29, 0.717) is 0 Å². The molecule has 1 N–H and O–H groups in total. The number of nitrogens with zero attached hydrogens (tertiary/aromatic N) is 1. The molecule has 0 unspecified atom stereocenters. The zero-order chi connectivity index (χ0) is 12.7. The molecule has 19 heavy (non-hydrogen) atoms. The van der Waals surface area contributed by atoms with Crippen molar-refractivity contribution < 1.29 is 0 Å². The Balaban J connectivity index is 1.99. The van der Waals surface area contributed by atoms with Gasteiger partial charge in [-0.15, -0.1) is 0 Å². The van der Waals surface area contributed by atoms with Crippen molar-refractivity contribution in [2.24, 2.45) is 0 Å². The van der Waals surface area contributed by atoms with Gasteiger partial charge in [-0.3, -0.25) is 4.98 Å². The minimum absolute atomic E-state index is 1.03. The number of para-hydroxylation sites is 1. The van der Waals surface area contributed by atoms with Crippen molar-refractivity contribution in [1.82, 2.24) is 9.97 Å². The third-order valence-electron chi connectivity index (χ3n) is 3.51. The number of aromatic nitrogens is 2. The maximum absolute atomic E-state index is 4.42. The molecule has 0 atom stereocenters. The second-order valence-corrected chi connectivity index (χ2v) is 4.66. The highest BCUT2D eigenvalue weighted by Crippen LogP contribution is 2.29. The van der Waals surface area contributed by atoms with Crippen LogP contribution in [0.2, 0.25) is 0 Å². The van der Waals surface area contributed by atoms with Gasteiger partial charge in [0.05, 0.1) is 5.52 Å². The number of rotatable bonds is 1. The Kier molecular flexibility index (Phi) is 2.15. The average Bonchev–Trinajstić information content (AvgIpc) is 2.91. The number of benzene rings is 2. The Morgan fingerprint density at radius 2 is 1.84 bits per heavy atom. The molecule has 2 aromatic carbocycles. The van der Waals surface area contributed by atoms with Crippen LogP contribution in [0, 0.1) is 0 Å². The first-order chi connectivity index (χ1) is 9.42. The Bertz CT molecular complexity index is 874. The van der Waals surface area contributed by atoms with Crippen LogP contribution >= 0.6 is 0 Å². The van der Waals surface area contributed by atoms with Crippen molar-refractivity contribution in [2.45, 2.75) is 0 Å². The molecule has 0 spiro atoms. The molecule has 4 aromatic rings. The summed E-state index contributed by atoms with van der Waals surface area (Å²) in [6.07, 6.45) is 3.90. The lowest BCUT2D eigenvalue weighted by Gasteiger charge is -2.02. The molecule has 2 heterocycles. The van der Waals surface area contributed by atoms with Crippen LogP contribution in [0.3, 0.4) is 0 Å². The number of H-pyrrole nitrogens is 1. The summed E-state index contributed by atoms with van der Waals surface area (Å²) in [5.41, 5.74) is 4.62. The summed E-state index contributed by atoms with van der Waals surface area (Å²) < 4.78 is 0. The van der Waals surface area contributed by atoms with Crippen molar-refractivity contribution in [3.8, 4) is 11.1 Å². The molecule has 0 aliphatic rings. The second kappa shape index (κ2) is 3.95. The van der Waals surface area contributed by atoms with E-state index in [1.807, 2.05) is 18.3 Å². The zero-order valence-corrected chi connectivity index (χ0v) is 10.3. The summed E-state index contributed by atoms with van der Waals surface area (Å²) in [5, 5.41) is 2.42. The number of fused-ring (bicyclic) bond motifs is 2. The van der Waals surface area contributed by atoms with Crippen LogP contribution in [0.15, 0.2) is 67.0 Å². The molecule has 0 aliphatic carbocycles. The van der Waals surface area contributed by atoms with Gasteiger partial charge in [-0.2, -0.15) is 0 Å². The van der Waals surface area contributed by atoms with E-state index >= 15 is 0 Å². The molecule has 0 fully saturated rings. The van der Waals surface area contributed by atoms with Crippen LogP contribution in [0.5, 0.6) is 0 Å². The van der Waals surface area contributed by atoms with Gasteiger partial charge in [-0.05, 0) is 23.8 Å². The largest absolute Gasteiger partial charge is 0.361 e. The normalized spacial score (nSPS) is 11.2. The maximum atomic E-state index is 4.42. The van der Waals surface area contributed by atoms with Gasteiger partial charge in [0.15, 0.2) is 0 Å². The second-order valence-electron chi connectivity index (χ2n) is 4.66. The van der Waals surface area contributed by atoms with E-state index in [1.54, 1.807) is 0 Å². The fourth-order valence-electron chi connectivity index (χ4n) is 2.54. The summed E-state index contributed by atoms with van der Waals surface area (Å²) in [6, 6.07) is 18.8. The van der Waals surface area contributed by atoms with Gasteiger partial charge in [-0.1, -0.05) is 36.4 Å². The van der Waals surface area contributed by atoms with Crippen molar-refractivity contribution >= 4 is 21.8 Å². The molecule has 0 saturated heterocycles. The van der Waals surface area contributed by atoms with Gasteiger partial charge in [0, 0.05) is 34.2 Å². The molecular formula is C17H12N2. The van der Waals surface area contributed by atoms with E-state index in [2.05, 4.69) is 58.6 Å². The quantitative estimate of drug-likeness (QED) is 0.528. The Hall–Kier alpha value is -2.61. The van der Waals surface area contributed by atoms with Crippen LogP contribution in [0.1, 0.15) is 0 Å². The molecule has 0 aliphatic heterocycles. The van der Waals surface area contributed by atoms with E-state index in [-0.39, 0.29) is 0 Å². The van der Waals surface area contributed by atoms with Crippen molar-refractivity contribution in [3.05, 3.63) is 67.0 Å². The minimum atomic E-state index is 1.03. The number of hydrogen-bond donors (Lipinski definition) is 1. The number of pyridine rings is 1. The summed E-state index contributed by atoms with van der Waals surface area (Å²) in [6.45, 7) is 0. The fourth-order valence-corrected chi connectivity index (χ4v) is 2.54. The number of hydrogen-bond acceptors (Lipinski definition) is 1. The lowest BCUT2D eigenvalue weighted by Crippen LogP contribution is -1.80. The molecule has 0 amide bonds. The van der Waals surface area contributed by atoms with E-state index in [1.165, 1.54) is 27.4 Å². The maximum Gasteiger partial charge on any atom is 0.0708 e. The molecule has 2 nitrogen and oxygen atoms in total. The Morgan fingerprint density at radius 1 is 0.895 bits per heavy atom. The van der Waals surface area contributed by atoms with Crippen LogP contribution < -0.4 is 0 Å². The van der Waals surface area contributed by atoms with Gasteiger partial charge < -0.3 is 4.98 Å². The molecule has 90 valence electrons. The smallest absolute Gasteiger partial charge is 0.0708 e. The van der Waals surface area contributed by atoms with E-state index in [4.69, 9.17) is 0 Å². The summed E-state index contributed by atoms with van der Waals surface area (Å²) in [4.78, 5) is 7.74. The first-order valence-electron chi connectivity index (χ1n) is 6.33. The zero-order valence-electron chi connectivity index (χ0n) is 10.3.